The Morgan fingerprint density at radius 2 is 2.10 bits per heavy atom. The third kappa shape index (κ3) is 3.43. The zero-order chi connectivity index (χ0) is 21.6. The molecule has 31 heavy (non-hydrogen) atoms. The zero-order valence-corrected chi connectivity index (χ0v) is 17.8. The summed E-state index contributed by atoms with van der Waals surface area (Å²) in [5.74, 6) is -1.02. The minimum absolute atomic E-state index is 0.0187. The second kappa shape index (κ2) is 7.57. The van der Waals surface area contributed by atoms with Crippen molar-refractivity contribution in [2.45, 2.75) is 31.6 Å². The molecule has 0 saturated carbocycles. The molecule has 7 heteroatoms. The number of aryl methyl sites for hydroxylation is 1. The highest BCUT2D eigenvalue weighted by Crippen LogP contribution is 2.52. The highest BCUT2D eigenvalue weighted by Gasteiger charge is 2.66. The lowest BCUT2D eigenvalue weighted by Gasteiger charge is -2.27. The number of aromatic nitrogens is 2. The first-order chi connectivity index (χ1) is 15.0. The van der Waals surface area contributed by atoms with E-state index in [2.05, 4.69) is 41.2 Å². The quantitative estimate of drug-likeness (QED) is 0.669. The average Bonchev–Trinajstić information content (AvgIpc) is 3.41. The fourth-order valence-electron chi connectivity index (χ4n) is 5.06. The number of fused-ring (bicyclic) bond motifs is 1. The maximum atomic E-state index is 13.4. The van der Waals surface area contributed by atoms with Crippen LogP contribution in [0.2, 0.25) is 0 Å². The molecule has 2 bridgehead atoms. The number of carbonyl (C=O) groups excluding carboxylic acids is 2. The summed E-state index contributed by atoms with van der Waals surface area (Å²) in [4.78, 5) is 38.5. The minimum Gasteiger partial charge on any atom is -0.360 e. The van der Waals surface area contributed by atoms with Gasteiger partial charge in [-0.15, -0.1) is 0 Å². The van der Waals surface area contributed by atoms with Crippen molar-refractivity contribution in [2.75, 3.05) is 20.1 Å². The van der Waals surface area contributed by atoms with E-state index in [4.69, 9.17) is 4.74 Å². The lowest BCUT2D eigenvalue weighted by atomic mass is 9.76. The van der Waals surface area contributed by atoms with Crippen LogP contribution in [0.5, 0.6) is 0 Å². The fraction of sp³-hybridized carbons (Fsp3) is 0.417. The summed E-state index contributed by atoms with van der Waals surface area (Å²) < 4.78 is 6.24. The molecule has 1 spiro atoms. The van der Waals surface area contributed by atoms with Gasteiger partial charge in [-0.3, -0.25) is 19.6 Å². The Balaban J connectivity index is 1.30. The van der Waals surface area contributed by atoms with Gasteiger partial charge >= 0.3 is 0 Å². The van der Waals surface area contributed by atoms with Crippen LogP contribution in [0.25, 0.3) is 0 Å². The lowest BCUT2D eigenvalue weighted by molar-refractivity contribution is -0.142. The molecule has 160 valence electrons. The Labute approximate surface area is 181 Å². The van der Waals surface area contributed by atoms with Crippen molar-refractivity contribution < 1.29 is 14.3 Å². The van der Waals surface area contributed by atoms with E-state index in [-0.39, 0.29) is 17.9 Å². The van der Waals surface area contributed by atoms with Gasteiger partial charge in [0.2, 0.25) is 11.8 Å². The van der Waals surface area contributed by atoms with Crippen molar-refractivity contribution in [3.8, 4) is 0 Å². The van der Waals surface area contributed by atoms with Crippen LogP contribution in [0.15, 0.2) is 55.0 Å². The van der Waals surface area contributed by atoms with Gasteiger partial charge in [-0.1, -0.05) is 42.0 Å². The Morgan fingerprint density at radius 3 is 2.84 bits per heavy atom. The second-order valence-corrected chi connectivity index (χ2v) is 8.79. The molecule has 0 N–H and O–H groups in total. The molecule has 0 radical (unpaired) electrons. The largest absolute Gasteiger partial charge is 0.360 e. The van der Waals surface area contributed by atoms with Crippen LogP contribution in [0.4, 0.5) is 0 Å². The Bertz CT molecular complexity index is 1020. The maximum absolute atomic E-state index is 13.4. The van der Waals surface area contributed by atoms with Gasteiger partial charge in [0.25, 0.3) is 0 Å². The van der Waals surface area contributed by atoms with Crippen LogP contribution >= 0.6 is 0 Å². The molecule has 0 aliphatic carbocycles. The predicted molar refractivity (Wildman–Crippen MR) is 114 cm³/mol. The van der Waals surface area contributed by atoms with Crippen LogP contribution < -0.4 is 0 Å². The van der Waals surface area contributed by atoms with E-state index in [1.807, 2.05) is 17.1 Å². The molecule has 4 heterocycles. The summed E-state index contributed by atoms with van der Waals surface area (Å²) in [5.41, 5.74) is 2.45. The molecule has 2 fully saturated rings. The van der Waals surface area contributed by atoms with Crippen LogP contribution in [0.1, 0.15) is 16.8 Å². The van der Waals surface area contributed by atoms with E-state index in [9.17, 15) is 9.59 Å². The van der Waals surface area contributed by atoms with E-state index in [1.165, 1.54) is 11.1 Å². The Hall–Kier alpha value is -3.06. The zero-order valence-electron chi connectivity index (χ0n) is 17.8. The third-order valence-corrected chi connectivity index (χ3v) is 6.65. The molecule has 1 aromatic heterocycles. The molecule has 7 nitrogen and oxygen atoms in total. The molecule has 5 rings (SSSR count). The molecular weight excluding hydrogens is 392 g/mol. The molecule has 2 aromatic rings. The van der Waals surface area contributed by atoms with Crippen LogP contribution in [-0.4, -0.2) is 63.4 Å². The van der Waals surface area contributed by atoms with Crippen molar-refractivity contribution in [1.82, 2.24) is 19.8 Å². The van der Waals surface area contributed by atoms with Crippen molar-refractivity contribution in [3.63, 3.8) is 0 Å². The van der Waals surface area contributed by atoms with Crippen molar-refractivity contribution in [2.24, 2.45) is 11.8 Å². The van der Waals surface area contributed by atoms with Gasteiger partial charge in [-0.25, -0.2) is 0 Å². The minimum atomic E-state index is -0.678. The molecule has 4 atom stereocenters. The molecule has 3 aliphatic rings. The van der Waals surface area contributed by atoms with Crippen molar-refractivity contribution in [3.05, 3.63) is 71.8 Å². The number of ether oxygens (including phenoxy) is 1. The standard InChI is InChI=1S/C24H26N4O3/c1-16-3-5-17(6-4-16)8-12-28-15-24-9-7-19(31-24)20(21(24)23(28)30)22(29)27(2)14-18-13-25-10-11-26-18/h3-7,9-11,13,19-21H,8,12,14-15H2,1-2H3/t19-,20+,21+,24-/m0/s1. The number of carbonyl (C=O) groups is 2. The van der Waals surface area contributed by atoms with Crippen molar-refractivity contribution >= 4 is 11.8 Å². The van der Waals surface area contributed by atoms with E-state index in [0.29, 0.717) is 25.3 Å². The fourth-order valence-corrected chi connectivity index (χ4v) is 5.06. The van der Waals surface area contributed by atoms with E-state index in [0.717, 1.165) is 6.42 Å². The first-order valence-electron chi connectivity index (χ1n) is 10.7. The van der Waals surface area contributed by atoms with E-state index in [1.54, 1.807) is 30.5 Å². The van der Waals surface area contributed by atoms with Gasteiger partial charge in [0.15, 0.2) is 0 Å². The normalized spacial score (nSPS) is 28.3. The number of hydrogen-bond donors (Lipinski definition) is 0. The number of benzene rings is 1. The Kier molecular flexibility index (Phi) is 4.85. The highest BCUT2D eigenvalue weighted by molar-refractivity contribution is 5.93. The highest BCUT2D eigenvalue weighted by atomic mass is 16.5. The smallest absolute Gasteiger partial charge is 0.230 e. The molecule has 0 unspecified atom stereocenters. The summed E-state index contributed by atoms with van der Waals surface area (Å²) in [6.45, 7) is 3.54. The first-order valence-corrected chi connectivity index (χ1v) is 10.7. The summed E-state index contributed by atoms with van der Waals surface area (Å²) in [6, 6.07) is 8.38. The topological polar surface area (TPSA) is 75.6 Å². The van der Waals surface area contributed by atoms with Crippen molar-refractivity contribution in [1.29, 1.82) is 0 Å². The lowest BCUT2D eigenvalue weighted by Crippen LogP contribution is -2.44. The monoisotopic (exact) mass is 418 g/mol. The van der Waals surface area contributed by atoms with Gasteiger partial charge in [-0.2, -0.15) is 0 Å². The molecule has 3 aliphatic heterocycles. The van der Waals surface area contributed by atoms with Crippen LogP contribution in [-0.2, 0) is 27.3 Å². The molecule has 2 amide bonds. The summed E-state index contributed by atoms with van der Waals surface area (Å²) >= 11 is 0. The van der Waals surface area contributed by atoms with E-state index >= 15 is 0 Å². The van der Waals surface area contributed by atoms with Gasteiger partial charge < -0.3 is 14.5 Å². The second-order valence-electron chi connectivity index (χ2n) is 8.79. The number of hydrogen-bond acceptors (Lipinski definition) is 5. The summed E-state index contributed by atoms with van der Waals surface area (Å²) in [5, 5.41) is 0. The van der Waals surface area contributed by atoms with Crippen LogP contribution in [0.3, 0.4) is 0 Å². The van der Waals surface area contributed by atoms with Gasteiger partial charge in [0, 0.05) is 26.0 Å². The molecular formula is C24H26N4O3. The number of rotatable bonds is 6. The van der Waals surface area contributed by atoms with Gasteiger partial charge in [-0.05, 0) is 18.9 Å². The first kappa shape index (κ1) is 19.9. The third-order valence-electron chi connectivity index (χ3n) is 6.65. The van der Waals surface area contributed by atoms with E-state index < -0.39 is 17.4 Å². The average molecular weight is 418 g/mol. The molecule has 2 saturated heterocycles. The number of nitrogens with zero attached hydrogens (tertiary/aromatic N) is 4. The number of likely N-dealkylation sites (tertiary alicyclic amines) is 1. The maximum Gasteiger partial charge on any atom is 0.230 e. The number of amides is 2. The van der Waals surface area contributed by atoms with Gasteiger partial charge in [0.05, 0.1) is 42.9 Å². The summed E-state index contributed by atoms with van der Waals surface area (Å²) in [7, 11) is 1.74. The van der Waals surface area contributed by atoms with Gasteiger partial charge in [0.1, 0.15) is 5.60 Å². The predicted octanol–water partition coefficient (Wildman–Crippen LogP) is 1.77. The molecule has 1 aromatic carbocycles. The Morgan fingerprint density at radius 1 is 1.29 bits per heavy atom. The summed E-state index contributed by atoms with van der Waals surface area (Å²) in [6.07, 6.45) is 9.25. The SMILES string of the molecule is Cc1ccc(CCN2C[C@]34C=C[C@H](O3)[C@@H](C(=O)N(C)Cc3cnccn3)[C@@H]4C2=O)cc1. The van der Waals surface area contributed by atoms with Crippen LogP contribution in [0, 0.1) is 18.8 Å².